The quantitative estimate of drug-likeness (QED) is 0.907. The van der Waals surface area contributed by atoms with Crippen LogP contribution in [-0.2, 0) is 6.42 Å². The van der Waals surface area contributed by atoms with Crippen LogP contribution in [-0.4, -0.2) is 11.1 Å². The maximum absolute atomic E-state index is 13.0. The minimum Gasteiger partial charge on any atom is -0.387 e. The van der Waals surface area contributed by atoms with Crippen molar-refractivity contribution in [2.75, 3.05) is 0 Å². The molecule has 2 nitrogen and oxygen atoms in total. The summed E-state index contributed by atoms with van der Waals surface area (Å²) in [5, 5.41) is 10.2. The van der Waals surface area contributed by atoms with Gasteiger partial charge in [0.05, 0.1) is 6.10 Å². The number of hydrogen-bond donors (Lipinski definition) is 2. The van der Waals surface area contributed by atoms with Crippen LogP contribution < -0.4 is 5.73 Å². The Hall–Kier alpha value is -1.23. The van der Waals surface area contributed by atoms with Crippen LogP contribution in [0.25, 0.3) is 0 Å². The van der Waals surface area contributed by atoms with Crippen LogP contribution in [0.4, 0.5) is 4.39 Å². The van der Waals surface area contributed by atoms with Crippen molar-refractivity contribution < 1.29 is 9.50 Å². The Morgan fingerprint density at radius 1 is 1.16 bits per heavy atom. The Labute approximate surface area is 120 Å². The van der Waals surface area contributed by atoms with E-state index in [4.69, 9.17) is 5.73 Å². The Kier molecular flexibility index (Phi) is 4.69. The van der Waals surface area contributed by atoms with Crippen molar-refractivity contribution in [1.29, 1.82) is 0 Å². The van der Waals surface area contributed by atoms with Crippen LogP contribution in [0.2, 0.25) is 0 Å². The molecule has 0 aromatic heterocycles. The molecule has 0 aliphatic heterocycles. The second-order valence-electron chi connectivity index (χ2n) is 4.46. The SMILES string of the molecule is NC(Cc1ccccc1)C(O)c1ccc(F)cc1Br. The van der Waals surface area contributed by atoms with Gasteiger partial charge in [-0.3, -0.25) is 0 Å². The third-order valence-corrected chi connectivity index (χ3v) is 3.69. The monoisotopic (exact) mass is 323 g/mol. The van der Waals surface area contributed by atoms with Crippen molar-refractivity contribution in [1.82, 2.24) is 0 Å². The van der Waals surface area contributed by atoms with Crippen molar-refractivity contribution in [3.63, 3.8) is 0 Å². The number of aliphatic hydroxyl groups is 1. The van der Waals surface area contributed by atoms with Crippen LogP contribution in [0, 0.1) is 5.82 Å². The second kappa shape index (κ2) is 6.28. The van der Waals surface area contributed by atoms with E-state index in [-0.39, 0.29) is 5.82 Å². The normalized spacial score (nSPS) is 14.1. The van der Waals surface area contributed by atoms with Crippen molar-refractivity contribution >= 4 is 15.9 Å². The highest BCUT2D eigenvalue weighted by molar-refractivity contribution is 9.10. The van der Waals surface area contributed by atoms with Crippen LogP contribution in [0.3, 0.4) is 0 Å². The fraction of sp³-hybridized carbons (Fsp3) is 0.200. The highest BCUT2D eigenvalue weighted by Crippen LogP contribution is 2.27. The highest BCUT2D eigenvalue weighted by atomic mass is 79.9. The zero-order chi connectivity index (χ0) is 13.8. The second-order valence-corrected chi connectivity index (χ2v) is 5.32. The number of hydrogen-bond acceptors (Lipinski definition) is 2. The van der Waals surface area contributed by atoms with E-state index in [0.717, 1.165) is 5.56 Å². The standard InChI is InChI=1S/C15H15BrFNO/c16-13-9-11(17)6-7-12(13)15(19)14(18)8-10-4-2-1-3-5-10/h1-7,9,14-15,19H,8,18H2. The van der Waals surface area contributed by atoms with Gasteiger partial charge in [-0.1, -0.05) is 52.3 Å². The van der Waals surface area contributed by atoms with E-state index < -0.39 is 12.1 Å². The highest BCUT2D eigenvalue weighted by Gasteiger charge is 2.19. The van der Waals surface area contributed by atoms with Gasteiger partial charge in [-0.15, -0.1) is 0 Å². The Bertz CT molecular complexity index is 547. The van der Waals surface area contributed by atoms with Gasteiger partial charge in [0.2, 0.25) is 0 Å². The average Bonchev–Trinajstić information content (AvgIpc) is 2.39. The van der Waals surface area contributed by atoms with Crippen molar-refractivity contribution in [3.8, 4) is 0 Å². The summed E-state index contributed by atoms with van der Waals surface area (Å²) in [6.45, 7) is 0. The lowest BCUT2D eigenvalue weighted by Crippen LogP contribution is -2.30. The van der Waals surface area contributed by atoms with E-state index in [2.05, 4.69) is 15.9 Å². The molecule has 100 valence electrons. The molecule has 0 amide bonds. The van der Waals surface area contributed by atoms with Gasteiger partial charge in [0.25, 0.3) is 0 Å². The predicted octanol–water partition coefficient (Wildman–Crippen LogP) is 3.19. The molecule has 0 radical (unpaired) electrons. The van der Waals surface area contributed by atoms with Gasteiger partial charge in [0.15, 0.2) is 0 Å². The third kappa shape index (κ3) is 3.62. The number of benzene rings is 2. The van der Waals surface area contributed by atoms with Gasteiger partial charge in [-0.25, -0.2) is 4.39 Å². The zero-order valence-corrected chi connectivity index (χ0v) is 11.8. The maximum atomic E-state index is 13.0. The van der Waals surface area contributed by atoms with E-state index in [9.17, 15) is 9.50 Å². The first kappa shape index (κ1) is 14.2. The molecular weight excluding hydrogens is 309 g/mol. The van der Waals surface area contributed by atoms with Crippen LogP contribution >= 0.6 is 15.9 Å². The molecular formula is C15H15BrFNO. The number of aliphatic hydroxyl groups excluding tert-OH is 1. The summed E-state index contributed by atoms with van der Waals surface area (Å²) in [5.41, 5.74) is 7.69. The topological polar surface area (TPSA) is 46.2 Å². The lowest BCUT2D eigenvalue weighted by molar-refractivity contribution is 0.145. The summed E-state index contributed by atoms with van der Waals surface area (Å²) in [5.74, 6) is -0.348. The first-order chi connectivity index (χ1) is 9.08. The van der Waals surface area contributed by atoms with E-state index in [1.807, 2.05) is 30.3 Å². The van der Waals surface area contributed by atoms with Crippen LogP contribution in [0.15, 0.2) is 53.0 Å². The van der Waals surface area contributed by atoms with Gasteiger partial charge >= 0.3 is 0 Å². The van der Waals surface area contributed by atoms with Crippen LogP contribution in [0.5, 0.6) is 0 Å². The molecule has 0 aliphatic carbocycles. The predicted molar refractivity (Wildman–Crippen MR) is 77.2 cm³/mol. The summed E-state index contributed by atoms with van der Waals surface area (Å²) in [7, 11) is 0. The first-order valence-corrected chi connectivity index (χ1v) is 6.80. The molecule has 2 rings (SSSR count). The van der Waals surface area contributed by atoms with Crippen molar-refractivity contribution in [3.05, 3.63) is 69.9 Å². The minimum atomic E-state index is -0.838. The smallest absolute Gasteiger partial charge is 0.124 e. The summed E-state index contributed by atoms with van der Waals surface area (Å²) in [4.78, 5) is 0. The van der Waals surface area contributed by atoms with Crippen molar-refractivity contribution in [2.45, 2.75) is 18.6 Å². The molecule has 2 aromatic carbocycles. The molecule has 0 saturated heterocycles. The molecule has 3 N–H and O–H groups in total. The van der Waals surface area contributed by atoms with Gasteiger partial charge in [0.1, 0.15) is 5.82 Å². The minimum absolute atomic E-state index is 0.348. The fourth-order valence-corrected chi connectivity index (χ4v) is 2.56. The maximum Gasteiger partial charge on any atom is 0.124 e. The molecule has 19 heavy (non-hydrogen) atoms. The lowest BCUT2D eigenvalue weighted by Gasteiger charge is -2.20. The summed E-state index contributed by atoms with van der Waals surface area (Å²) in [6.07, 6.45) is -0.276. The van der Waals surface area contributed by atoms with Gasteiger partial charge < -0.3 is 10.8 Å². The van der Waals surface area contributed by atoms with Gasteiger partial charge in [-0.2, -0.15) is 0 Å². The Morgan fingerprint density at radius 2 is 1.84 bits per heavy atom. The summed E-state index contributed by atoms with van der Waals surface area (Å²) < 4.78 is 13.5. The van der Waals surface area contributed by atoms with E-state index in [1.54, 1.807) is 6.07 Å². The van der Waals surface area contributed by atoms with E-state index in [1.165, 1.54) is 12.1 Å². The molecule has 0 heterocycles. The molecule has 2 aromatic rings. The van der Waals surface area contributed by atoms with Gasteiger partial charge in [0, 0.05) is 10.5 Å². The van der Waals surface area contributed by atoms with E-state index in [0.29, 0.717) is 16.5 Å². The molecule has 4 heteroatoms. The molecule has 0 aliphatic rings. The van der Waals surface area contributed by atoms with Crippen molar-refractivity contribution in [2.24, 2.45) is 5.73 Å². The summed E-state index contributed by atoms with van der Waals surface area (Å²) >= 11 is 3.25. The largest absolute Gasteiger partial charge is 0.387 e. The molecule has 0 saturated carbocycles. The average molecular weight is 324 g/mol. The Morgan fingerprint density at radius 3 is 2.47 bits per heavy atom. The molecule has 0 bridgehead atoms. The molecule has 0 spiro atoms. The fourth-order valence-electron chi connectivity index (χ4n) is 1.97. The number of rotatable bonds is 4. The first-order valence-electron chi connectivity index (χ1n) is 6.00. The van der Waals surface area contributed by atoms with E-state index >= 15 is 0 Å². The third-order valence-electron chi connectivity index (χ3n) is 3.00. The number of nitrogens with two attached hydrogens (primary N) is 1. The van der Waals surface area contributed by atoms with Gasteiger partial charge in [-0.05, 0) is 29.7 Å². The molecule has 2 atom stereocenters. The molecule has 0 fully saturated rings. The number of halogens is 2. The summed E-state index contributed by atoms with van der Waals surface area (Å²) in [6, 6.07) is 13.5. The van der Waals surface area contributed by atoms with Crippen LogP contribution in [0.1, 0.15) is 17.2 Å². The Balaban J connectivity index is 2.12. The molecule has 2 unspecified atom stereocenters. The zero-order valence-electron chi connectivity index (χ0n) is 10.3. The lowest BCUT2D eigenvalue weighted by atomic mass is 9.97.